The first-order valence-electron chi connectivity index (χ1n) is 12.5. The molecule has 0 saturated heterocycles. The van der Waals surface area contributed by atoms with E-state index in [9.17, 15) is 0 Å². The van der Waals surface area contributed by atoms with Crippen molar-refractivity contribution >= 4 is 0 Å². The Hall–Kier alpha value is -2.10. The van der Waals surface area contributed by atoms with Crippen LogP contribution < -0.4 is 9.47 Å². The topological polar surface area (TPSA) is 44.2 Å². The van der Waals surface area contributed by atoms with Gasteiger partial charge in [-0.25, -0.2) is 9.97 Å². The van der Waals surface area contributed by atoms with Crippen LogP contribution in [0.5, 0.6) is 11.5 Å². The standard InChI is InChI=1S/C27H42N2O2/c1-3-5-7-9-11-13-14-20-30-25-18-16-24(17-19-25)27-28-22-26(23-29-27)31-21-15-12-10-8-6-4-2/h16-19,22-23H,3-15,20-21H2,1-2H3. The van der Waals surface area contributed by atoms with Crippen molar-refractivity contribution in [3.8, 4) is 22.9 Å². The van der Waals surface area contributed by atoms with Crippen molar-refractivity contribution < 1.29 is 9.47 Å². The molecule has 0 N–H and O–H groups in total. The number of hydrogen-bond donors (Lipinski definition) is 0. The maximum Gasteiger partial charge on any atom is 0.159 e. The second-order valence-electron chi connectivity index (χ2n) is 8.35. The van der Waals surface area contributed by atoms with Gasteiger partial charge in [-0.15, -0.1) is 0 Å². The average molecular weight is 427 g/mol. The zero-order chi connectivity index (χ0) is 22.0. The lowest BCUT2D eigenvalue weighted by atomic mass is 10.1. The van der Waals surface area contributed by atoms with Crippen LogP contribution in [-0.4, -0.2) is 23.2 Å². The Balaban J connectivity index is 1.63. The molecular weight excluding hydrogens is 384 g/mol. The number of aromatic nitrogens is 2. The second-order valence-corrected chi connectivity index (χ2v) is 8.35. The molecule has 4 nitrogen and oxygen atoms in total. The number of ether oxygens (including phenoxy) is 2. The van der Waals surface area contributed by atoms with E-state index in [4.69, 9.17) is 9.47 Å². The summed E-state index contributed by atoms with van der Waals surface area (Å²) in [5, 5.41) is 0. The molecule has 0 bridgehead atoms. The lowest BCUT2D eigenvalue weighted by molar-refractivity contribution is 0.302. The predicted molar refractivity (Wildman–Crippen MR) is 130 cm³/mol. The van der Waals surface area contributed by atoms with Crippen LogP contribution in [-0.2, 0) is 0 Å². The first-order chi connectivity index (χ1) is 15.3. The number of nitrogens with zero attached hydrogens (tertiary/aromatic N) is 2. The number of benzene rings is 1. The summed E-state index contributed by atoms with van der Waals surface area (Å²) in [6.45, 7) is 6.02. The van der Waals surface area contributed by atoms with Crippen LogP contribution in [0, 0.1) is 0 Å². The SMILES string of the molecule is CCCCCCCCCOc1ccc(-c2ncc(OCCCCCCCC)cn2)cc1. The Bertz CT molecular complexity index is 671. The summed E-state index contributed by atoms with van der Waals surface area (Å²) >= 11 is 0. The molecule has 172 valence electrons. The molecule has 1 aromatic carbocycles. The van der Waals surface area contributed by atoms with Gasteiger partial charge >= 0.3 is 0 Å². The third-order valence-corrected chi connectivity index (χ3v) is 5.52. The van der Waals surface area contributed by atoms with Gasteiger partial charge in [0.1, 0.15) is 5.75 Å². The zero-order valence-electron chi connectivity index (χ0n) is 19.8. The molecule has 0 radical (unpaired) electrons. The van der Waals surface area contributed by atoms with Gasteiger partial charge in [-0.3, -0.25) is 0 Å². The van der Waals surface area contributed by atoms with E-state index in [0.29, 0.717) is 5.82 Å². The van der Waals surface area contributed by atoms with Gasteiger partial charge in [0.25, 0.3) is 0 Å². The number of rotatable bonds is 18. The minimum absolute atomic E-state index is 0.713. The molecule has 2 aromatic rings. The summed E-state index contributed by atoms with van der Waals surface area (Å²) < 4.78 is 11.6. The number of hydrogen-bond acceptors (Lipinski definition) is 4. The van der Waals surface area contributed by atoms with Crippen molar-refractivity contribution in [3.05, 3.63) is 36.7 Å². The van der Waals surface area contributed by atoms with E-state index in [2.05, 4.69) is 23.8 Å². The maximum atomic E-state index is 5.87. The zero-order valence-corrected chi connectivity index (χ0v) is 19.8. The van der Waals surface area contributed by atoms with Gasteiger partial charge in [-0.05, 0) is 37.1 Å². The summed E-state index contributed by atoms with van der Waals surface area (Å²) in [5.41, 5.74) is 0.991. The third kappa shape index (κ3) is 11.2. The molecule has 4 heteroatoms. The van der Waals surface area contributed by atoms with E-state index in [0.717, 1.165) is 43.1 Å². The van der Waals surface area contributed by atoms with Crippen molar-refractivity contribution in [2.75, 3.05) is 13.2 Å². The first kappa shape index (κ1) is 25.2. The molecule has 31 heavy (non-hydrogen) atoms. The van der Waals surface area contributed by atoms with Crippen molar-refractivity contribution in [2.24, 2.45) is 0 Å². The van der Waals surface area contributed by atoms with E-state index < -0.39 is 0 Å². The average Bonchev–Trinajstić information content (AvgIpc) is 2.81. The van der Waals surface area contributed by atoms with Crippen molar-refractivity contribution in [1.29, 1.82) is 0 Å². The Kier molecular flexibility index (Phi) is 13.5. The van der Waals surface area contributed by atoms with Gasteiger partial charge < -0.3 is 9.47 Å². The summed E-state index contributed by atoms with van der Waals surface area (Å²) in [6, 6.07) is 8.05. The molecule has 0 aliphatic rings. The van der Waals surface area contributed by atoms with E-state index in [1.54, 1.807) is 12.4 Å². The molecule has 0 fully saturated rings. The maximum absolute atomic E-state index is 5.87. The normalized spacial score (nSPS) is 10.9. The van der Waals surface area contributed by atoms with Gasteiger partial charge in [0.15, 0.2) is 11.6 Å². The van der Waals surface area contributed by atoms with Gasteiger partial charge in [0.05, 0.1) is 25.6 Å². The fourth-order valence-corrected chi connectivity index (χ4v) is 3.56. The lowest BCUT2D eigenvalue weighted by Gasteiger charge is -2.08. The van der Waals surface area contributed by atoms with Gasteiger partial charge in [-0.1, -0.05) is 84.5 Å². The Morgan fingerprint density at radius 2 is 1.00 bits per heavy atom. The largest absolute Gasteiger partial charge is 0.494 e. The van der Waals surface area contributed by atoms with Gasteiger partial charge in [-0.2, -0.15) is 0 Å². The van der Waals surface area contributed by atoms with Crippen LogP contribution in [0.1, 0.15) is 97.3 Å². The Labute approximate surface area is 189 Å². The van der Waals surface area contributed by atoms with Gasteiger partial charge in [0.2, 0.25) is 0 Å². The highest BCUT2D eigenvalue weighted by atomic mass is 16.5. The quantitative estimate of drug-likeness (QED) is 0.226. The third-order valence-electron chi connectivity index (χ3n) is 5.52. The molecule has 0 amide bonds. The predicted octanol–water partition coefficient (Wildman–Crippen LogP) is 8.01. The molecule has 2 rings (SSSR count). The molecule has 1 aromatic heterocycles. The highest BCUT2D eigenvalue weighted by Gasteiger charge is 2.03. The minimum Gasteiger partial charge on any atom is -0.494 e. The van der Waals surface area contributed by atoms with Crippen molar-refractivity contribution in [1.82, 2.24) is 9.97 Å². The highest BCUT2D eigenvalue weighted by Crippen LogP contribution is 2.21. The molecule has 0 saturated carbocycles. The molecule has 0 atom stereocenters. The molecule has 0 spiro atoms. The first-order valence-corrected chi connectivity index (χ1v) is 12.5. The molecule has 0 aliphatic heterocycles. The highest BCUT2D eigenvalue weighted by molar-refractivity contribution is 5.56. The molecule has 0 aliphatic carbocycles. The smallest absolute Gasteiger partial charge is 0.159 e. The van der Waals surface area contributed by atoms with Crippen LogP contribution in [0.3, 0.4) is 0 Å². The van der Waals surface area contributed by atoms with Crippen molar-refractivity contribution in [2.45, 2.75) is 97.3 Å². The molecule has 0 unspecified atom stereocenters. The summed E-state index contributed by atoms with van der Waals surface area (Å²) in [4.78, 5) is 8.92. The fraction of sp³-hybridized carbons (Fsp3) is 0.630. The summed E-state index contributed by atoms with van der Waals surface area (Å²) in [7, 11) is 0. The van der Waals surface area contributed by atoms with Gasteiger partial charge in [0, 0.05) is 5.56 Å². The van der Waals surface area contributed by atoms with E-state index >= 15 is 0 Å². The number of unbranched alkanes of at least 4 members (excludes halogenated alkanes) is 11. The monoisotopic (exact) mass is 426 g/mol. The minimum atomic E-state index is 0.713. The molecular formula is C27H42N2O2. The van der Waals surface area contributed by atoms with Crippen molar-refractivity contribution in [3.63, 3.8) is 0 Å². The van der Waals surface area contributed by atoms with E-state index in [1.807, 2.05) is 24.3 Å². The molecule has 1 heterocycles. The summed E-state index contributed by atoms with van der Waals surface area (Å²) in [5.74, 6) is 2.37. The Morgan fingerprint density at radius 3 is 1.52 bits per heavy atom. The van der Waals surface area contributed by atoms with Crippen LogP contribution in [0.15, 0.2) is 36.7 Å². The van der Waals surface area contributed by atoms with E-state index in [-0.39, 0.29) is 0 Å². The van der Waals surface area contributed by atoms with Crippen LogP contribution in [0.2, 0.25) is 0 Å². The van der Waals surface area contributed by atoms with Crippen LogP contribution in [0.4, 0.5) is 0 Å². The second kappa shape index (κ2) is 16.6. The summed E-state index contributed by atoms with van der Waals surface area (Å²) in [6.07, 6.45) is 20.2. The Morgan fingerprint density at radius 1 is 0.548 bits per heavy atom. The van der Waals surface area contributed by atoms with E-state index in [1.165, 1.54) is 70.6 Å². The van der Waals surface area contributed by atoms with Crippen LogP contribution >= 0.6 is 0 Å². The lowest BCUT2D eigenvalue weighted by Crippen LogP contribution is -1.99. The van der Waals surface area contributed by atoms with Crippen LogP contribution in [0.25, 0.3) is 11.4 Å². The fourth-order valence-electron chi connectivity index (χ4n) is 3.56.